The minimum atomic E-state index is -4.55. The molecule has 0 spiro atoms. The molecule has 29 heavy (non-hydrogen) atoms. The summed E-state index contributed by atoms with van der Waals surface area (Å²) in [6, 6.07) is 2.99. The Morgan fingerprint density at radius 1 is 1.17 bits per heavy atom. The Bertz CT molecular complexity index is 908. The summed E-state index contributed by atoms with van der Waals surface area (Å²) in [5, 5.41) is 18.5. The number of piperidine rings is 1. The van der Waals surface area contributed by atoms with Gasteiger partial charge in [-0.1, -0.05) is 0 Å². The fraction of sp³-hybridized carbons (Fsp3) is 0.526. The maximum Gasteiger partial charge on any atom is 0.416 e. The van der Waals surface area contributed by atoms with E-state index in [1.54, 1.807) is 0 Å². The number of phenolic OH excluding ortho intramolecular Hbond substituents is 1. The Balaban J connectivity index is 1.66. The summed E-state index contributed by atoms with van der Waals surface area (Å²) in [6.45, 7) is 2.81. The highest BCUT2D eigenvalue weighted by atomic mass is 19.4. The van der Waals surface area contributed by atoms with Crippen molar-refractivity contribution in [2.75, 3.05) is 38.7 Å². The van der Waals surface area contributed by atoms with Crippen LogP contribution in [0.4, 0.5) is 19.1 Å². The molecule has 1 N–H and O–H groups in total. The van der Waals surface area contributed by atoms with E-state index in [-0.39, 0.29) is 17.1 Å². The van der Waals surface area contributed by atoms with E-state index in [4.69, 9.17) is 4.74 Å². The van der Waals surface area contributed by atoms with Gasteiger partial charge in [-0.25, -0.2) is 0 Å². The minimum absolute atomic E-state index is 0.0816. The second-order valence-electron chi connectivity index (χ2n) is 7.56. The van der Waals surface area contributed by atoms with E-state index in [2.05, 4.69) is 32.0 Å². The zero-order valence-corrected chi connectivity index (χ0v) is 16.1. The first kappa shape index (κ1) is 19.7. The number of likely N-dealkylation sites (tertiary alicyclic amines) is 1. The summed E-state index contributed by atoms with van der Waals surface area (Å²) in [4.78, 5) is 8.85. The van der Waals surface area contributed by atoms with Crippen LogP contribution in [0, 0.1) is 5.92 Å². The molecule has 0 saturated carbocycles. The van der Waals surface area contributed by atoms with Gasteiger partial charge in [0.05, 0.1) is 12.7 Å². The predicted molar refractivity (Wildman–Crippen MR) is 99.8 cm³/mol. The summed E-state index contributed by atoms with van der Waals surface area (Å²) in [5.41, 5.74) is -0.767. The molecule has 2 aromatic rings. The number of phenols is 1. The molecule has 4 rings (SSSR count). The van der Waals surface area contributed by atoms with Crippen molar-refractivity contribution in [2.45, 2.75) is 25.1 Å². The second kappa shape index (κ2) is 7.33. The number of aromatic hydroxyl groups is 1. The molecule has 10 heteroatoms. The van der Waals surface area contributed by atoms with Gasteiger partial charge in [-0.2, -0.15) is 18.2 Å². The Morgan fingerprint density at radius 3 is 2.62 bits per heavy atom. The molecule has 0 bridgehead atoms. The SMILES string of the molecule is COc1nc(N2CC[C@@H]3CCN(C)C[C@@H]32)nnc1-c1ccc(C(F)(F)F)cc1O. The monoisotopic (exact) mass is 409 g/mol. The normalized spacial score (nSPS) is 22.6. The van der Waals surface area contributed by atoms with Gasteiger partial charge in [0.1, 0.15) is 5.75 Å². The lowest BCUT2D eigenvalue weighted by Gasteiger charge is -2.36. The number of fused-ring (bicyclic) bond motifs is 1. The summed E-state index contributed by atoms with van der Waals surface area (Å²) in [7, 11) is 3.49. The number of rotatable bonds is 3. The molecule has 1 aromatic heterocycles. The number of halogens is 3. The van der Waals surface area contributed by atoms with E-state index < -0.39 is 17.5 Å². The fourth-order valence-electron chi connectivity index (χ4n) is 4.19. The number of methoxy groups -OCH3 is 1. The summed E-state index contributed by atoms with van der Waals surface area (Å²) in [5.74, 6) is 0.564. The lowest BCUT2D eigenvalue weighted by atomic mass is 9.92. The molecule has 7 nitrogen and oxygen atoms in total. The van der Waals surface area contributed by atoms with Gasteiger partial charge < -0.3 is 19.6 Å². The highest BCUT2D eigenvalue weighted by Gasteiger charge is 2.39. The molecule has 2 atom stereocenters. The highest BCUT2D eigenvalue weighted by molar-refractivity contribution is 5.71. The summed E-state index contributed by atoms with van der Waals surface area (Å²) < 4.78 is 43.9. The van der Waals surface area contributed by atoms with Gasteiger partial charge in [-0.15, -0.1) is 10.2 Å². The third-order valence-electron chi connectivity index (χ3n) is 5.74. The highest BCUT2D eigenvalue weighted by Crippen LogP contribution is 2.39. The average Bonchev–Trinajstić information content (AvgIpc) is 3.10. The predicted octanol–water partition coefficient (Wildman–Crippen LogP) is 2.80. The second-order valence-corrected chi connectivity index (χ2v) is 7.56. The molecule has 0 amide bonds. The number of nitrogens with zero attached hydrogens (tertiary/aromatic N) is 5. The summed E-state index contributed by atoms with van der Waals surface area (Å²) in [6.07, 6.45) is -2.36. The molecule has 2 aliphatic heterocycles. The van der Waals surface area contributed by atoms with Crippen molar-refractivity contribution in [2.24, 2.45) is 5.92 Å². The molecule has 2 fully saturated rings. The maximum atomic E-state index is 12.9. The minimum Gasteiger partial charge on any atom is -0.507 e. The molecular weight excluding hydrogens is 387 g/mol. The number of ether oxygens (including phenoxy) is 1. The van der Waals surface area contributed by atoms with Crippen LogP contribution in [-0.4, -0.2) is 65.0 Å². The van der Waals surface area contributed by atoms with Crippen LogP contribution in [0.25, 0.3) is 11.3 Å². The summed E-state index contributed by atoms with van der Waals surface area (Å²) >= 11 is 0. The molecular formula is C19H22F3N5O2. The van der Waals surface area contributed by atoms with Crippen molar-refractivity contribution in [3.8, 4) is 22.9 Å². The van der Waals surface area contributed by atoms with Gasteiger partial charge in [-0.3, -0.25) is 0 Å². The topological polar surface area (TPSA) is 74.6 Å². The molecule has 0 radical (unpaired) electrons. The Morgan fingerprint density at radius 2 is 1.93 bits per heavy atom. The zero-order chi connectivity index (χ0) is 20.8. The number of hydrogen-bond donors (Lipinski definition) is 1. The number of aromatic nitrogens is 3. The number of benzene rings is 1. The fourth-order valence-corrected chi connectivity index (χ4v) is 4.19. The third-order valence-corrected chi connectivity index (χ3v) is 5.74. The quantitative estimate of drug-likeness (QED) is 0.836. The van der Waals surface area contributed by atoms with E-state index in [0.717, 1.165) is 44.6 Å². The first-order valence-electron chi connectivity index (χ1n) is 9.42. The smallest absolute Gasteiger partial charge is 0.416 e. The molecule has 3 heterocycles. The van der Waals surface area contributed by atoms with E-state index in [0.29, 0.717) is 24.0 Å². The molecule has 0 aliphatic carbocycles. The van der Waals surface area contributed by atoms with Crippen LogP contribution in [0.15, 0.2) is 18.2 Å². The number of hydrogen-bond acceptors (Lipinski definition) is 7. The number of anilines is 1. The van der Waals surface area contributed by atoms with Gasteiger partial charge in [-0.05, 0) is 50.6 Å². The molecule has 0 unspecified atom stereocenters. The zero-order valence-electron chi connectivity index (χ0n) is 16.1. The van der Waals surface area contributed by atoms with Crippen molar-refractivity contribution in [3.63, 3.8) is 0 Å². The van der Waals surface area contributed by atoms with E-state index in [1.165, 1.54) is 7.11 Å². The van der Waals surface area contributed by atoms with Gasteiger partial charge in [0, 0.05) is 24.7 Å². The van der Waals surface area contributed by atoms with E-state index >= 15 is 0 Å². The van der Waals surface area contributed by atoms with E-state index in [9.17, 15) is 18.3 Å². The standard InChI is InChI=1S/C19H22F3N5O2/c1-26-7-5-11-6-8-27(14(11)10-26)18-23-17(29-2)16(24-25-18)13-4-3-12(9-15(13)28)19(20,21)22/h3-4,9,11,14,28H,5-8,10H2,1-2H3/t11-,14-/m0/s1. The maximum absolute atomic E-state index is 12.9. The van der Waals surface area contributed by atoms with Crippen molar-refractivity contribution in [1.82, 2.24) is 20.1 Å². The van der Waals surface area contributed by atoms with Crippen molar-refractivity contribution >= 4 is 5.95 Å². The molecule has 1 aromatic carbocycles. The first-order chi connectivity index (χ1) is 13.8. The number of likely N-dealkylation sites (N-methyl/N-ethyl adjacent to an activating group) is 1. The van der Waals surface area contributed by atoms with Crippen LogP contribution in [-0.2, 0) is 6.18 Å². The molecule has 2 aliphatic rings. The lowest BCUT2D eigenvalue weighted by Crippen LogP contribution is -2.47. The van der Waals surface area contributed by atoms with Gasteiger partial charge >= 0.3 is 6.18 Å². The van der Waals surface area contributed by atoms with E-state index in [1.807, 2.05) is 0 Å². The Labute approximate surface area is 166 Å². The van der Waals surface area contributed by atoms with Crippen LogP contribution in [0.3, 0.4) is 0 Å². The van der Waals surface area contributed by atoms with Gasteiger partial charge in [0.15, 0.2) is 5.69 Å². The first-order valence-corrected chi connectivity index (χ1v) is 9.42. The van der Waals surface area contributed by atoms with Crippen molar-refractivity contribution in [3.05, 3.63) is 23.8 Å². The van der Waals surface area contributed by atoms with Gasteiger partial charge in [0.25, 0.3) is 0 Å². The van der Waals surface area contributed by atoms with Crippen LogP contribution < -0.4 is 9.64 Å². The Kier molecular flexibility index (Phi) is 4.97. The third kappa shape index (κ3) is 3.68. The molecule has 156 valence electrons. The van der Waals surface area contributed by atoms with Crippen LogP contribution in [0.5, 0.6) is 11.6 Å². The van der Waals surface area contributed by atoms with Crippen LogP contribution in [0.1, 0.15) is 18.4 Å². The molecule has 2 saturated heterocycles. The van der Waals surface area contributed by atoms with Crippen LogP contribution >= 0.6 is 0 Å². The lowest BCUT2D eigenvalue weighted by molar-refractivity contribution is -0.137. The van der Waals surface area contributed by atoms with Gasteiger partial charge in [0.2, 0.25) is 11.8 Å². The van der Waals surface area contributed by atoms with Crippen molar-refractivity contribution in [1.29, 1.82) is 0 Å². The van der Waals surface area contributed by atoms with Crippen LogP contribution in [0.2, 0.25) is 0 Å². The average molecular weight is 409 g/mol. The van der Waals surface area contributed by atoms with Crippen molar-refractivity contribution < 1.29 is 23.0 Å². The largest absolute Gasteiger partial charge is 0.507 e. The number of alkyl halides is 3. The Hall–Kier alpha value is -2.62.